The fourth-order valence-electron chi connectivity index (χ4n) is 2.65. The highest BCUT2D eigenvalue weighted by Crippen LogP contribution is 2.28. The molecule has 3 aromatic heterocycles. The van der Waals surface area contributed by atoms with Gasteiger partial charge in [0, 0.05) is 18.0 Å². The Morgan fingerprint density at radius 3 is 2.87 bits per heavy atom. The second kappa shape index (κ2) is 8.82. The first-order valence-electron chi connectivity index (χ1n) is 8.76. The number of para-hydroxylation sites is 1. The van der Waals surface area contributed by atoms with Crippen LogP contribution in [0.4, 0.5) is 15.6 Å². The molecule has 0 saturated carbocycles. The highest BCUT2D eigenvalue weighted by molar-refractivity contribution is 8.00. The molecule has 1 aromatic carbocycles. The molecule has 8 nitrogen and oxygen atoms in total. The van der Waals surface area contributed by atoms with Gasteiger partial charge < -0.3 is 5.32 Å². The van der Waals surface area contributed by atoms with Crippen molar-refractivity contribution in [3.8, 4) is 0 Å². The Morgan fingerprint density at radius 1 is 1.20 bits per heavy atom. The first kappa shape index (κ1) is 20.3. The molecule has 4 rings (SSSR count). The van der Waals surface area contributed by atoms with Gasteiger partial charge in [-0.15, -0.1) is 10.2 Å². The van der Waals surface area contributed by atoms with Crippen molar-refractivity contribution in [3.05, 3.63) is 75.3 Å². The fraction of sp³-hybridized carbons (Fsp3) is 0.105. The highest BCUT2D eigenvalue weighted by Gasteiger charge is 2.11. The van der Waals surface area contributed by atoms with Crippen LogP contribution in [0.2, 0.25) is 5.02 Å². The molecule has 0 aliphatic rings. The van der Waals surface area contributed by atoms with Gasteiger partial charge in [-0.1, -0.05) is 52.9 Å². The molecule has 0 spiro atoms. The van der Waals surface area contributed by atoms with E-state index in [4.69, 9.17) is 11.6 Å². The minimum atomic E-state index is -0.463. The standard InChI is InChI=1S/C19H15ClN6O2S2/c1-11-5-4-8-26-15(27)9-12(21-16(11)26)10-29-19-25-24-18(30-19)23-17(28)22-14-7-3-2-6-13(14)20/h2-9H,10H2,1H3,(H2,22,23,24,28). The SMILES string of the molecule is Cc1cccn2c(=O)cc(CSc3nnc(NC(=O)Nc4ccccc4Cl)s3)nc12. The lowest BCUT2D eigenvalue weighted by atomic mass is 10.3. The smallest absolute Gasteiger partial charge is 0.306 e. The maximum atomic E-state index is 12.3. The minimum Gasteiger partial charge on any atom is -0.306 e. The lowest BCUT2D eigenvalue weighted by Crippen LogP contribution is -2.19. The number of hydrogen-bond donors (Lipinski definition) is 2. The van der Waals surface area contributed by atoms with Crippen LogP contribution in [-0.4, -0.2) is 25.6 Å². The molecular weight excluding hydrogens is 444 g/mol. The lowest BCUT2D eigenvalue weighted by Gasteiger charge is -2.06. The summed E-state index contributed by atoms with van der Waals surface area (Å²) in [6.07, 6.45) is 1.70. The molecule has 11 heteroatoms. The number of halogens is 1. The van der Waals surface area contributed by atoms with Gasteiger partial charge in [0.15, 0.2) is 4.34 Å². The number of amides is 2. The van der Waals surface area contributed by atoms with E-state index in [1.165, 1.54) is 33.6 Å². The number of fused-ring (bicyclic) bond motifs is 1. The molecule has 0 unspecified atom stereocenters. The molecule has 4 aromatic rings. The topological polar surface area (TPSA) is 101 Å². The number of benzene rings is 1. The zero-order valence-electron chi connectivity index (χ0n) is 15.6. The van der Waals surface area contributed by atoms with E-state index in [1.807, 2.05) is 19.1 Å². The summed E-state index contributed by atoms with van der Waals surface area (Å²) in [5, 5.41) is 14.1. The Morgan fingerprint density at radius 2 is 2.03 bits per heavy atom. The third kappa shape index (κ3) is 4.61. The van der Waals surface area contributed by atoms with Crippen LogP contribution in [0.25, 0.3) is 5.65 Å². The Hall–Kier alpha value is -2.95. The fourth-order valence-corrected chi connectivity index (χ4v) is 4.47. The van der Waals surface area contributed by atoms with Gasteiger partial charge >= 0.3 is 6.03 Å². The molecule has 0 radical (unpaired) electrons. The van der Waals surface area contributed by atoms with Crippen LogP contribution in [-0.2, 0) is 5.75 Å². The van der Waals surface area contributed by atoms with Gasteiger partial charge in [0.2, 0.25) is 5.13 Å². The van der Waals surface area contributed by atoms with E-state index in [2.05, 4.69) is 25.8 Å². The Labute approximate surface area is 184 Å². The van der Waals surface area contributed by atoms with Crippen molar-refractivity contribution < 1.29 is 4.79 Å². The van der Waals surface area contributed by atoms with Crippen molar-refractivity contribution in [1.82, 2.24) is 19.6 Å². The molecule has 0 fully saturated rings. The van der Waals surface area contributed by atoms with Crippen molar-refractivity contribution in [2.45, 2.75) is 17.0 Å². The van der Waals surface area contributed by atoms with Crippen molar-refractivity contribution in [1.29, 1.82) is 0 Å². The molecule has 0 bridgehead atoms. The van der Waals surface area contributed by atoms with Gasteiger partial charge in [-0.25, -0.2) is 9.78 Å². The molecule has 0 aliphatic carbocycles. The minimum absolute atomic E-state index is 0.129. The summed E-state index contributed by atoms with van der Waals surface area (Å²) in [4.78, 5) is 29.0. The van der Waals surface area contributed by atoms with Crippen molar-refractivity contribution in [3.63, 3.8) is 0 Å². The molecule has 0 aliphatic heterocycles. The zero-order chi connectivity index (χ0) is 21.1. The van der Waals surface area contributed by atoms with E-state index < -0.39 is 6.03 Å². The number of anilines is 2. The largest absolute Gasteiger partial charge is 0.325 e. The number of nitrogens with one attached hydrogen (secondary N) is 2. The summed E-state index contributed by atoms with van der Waals surface area (Å²) >= 11 is 8.65. The first-order valence-corrected chi connectivity index (χ1v) is 10.9. The van der Waals surface area contributed by atoms with Gasteiger partial charge in [0.05, 0.1) is 16.4 Å². The number of pyridine rings is 1. The van der Waals surface area contributed by atoms with Gasteiger partial charge in [-0.05, 0) is 30.7 Å². The van der Waals surface area contributed by atoms with Gasteiger partial charge in [-0.3, -0.25) is 14.5 Å². The number of carbonyl (C=O) groups excluding carboxylic acids is 1. The first-order chi connectivity index (χ1) is 14.5. The van der Waals surface area contributed by atoms with E-state index in [0.717, 1.165) is 5.56 Å². The lowest BCUT2D eigenvalue weighted by molar-refractivity contribution is 0.262. The van der Waals surface area contributed by atoms with Gasteiger partial charge in [0.25, 0.3) is 5.56 Å². The number of aryl methyl sites for hydroxylation is 1. The van der Waals surface area contributed by atoms with Crippen LogP contribution in [0.5, 0.6) is 0 Å². The number of urea groups is 1. The van der Waals surface area contributed by atoms with E-state index in [9.17, 15) is 9.59 Å². The van der Waals surface area contributed by atoms with E-state index in [-0.39, 0.29) is 5.56 Å². The summed E-state index contributed by atoms with van der Waals surface area (Å²) in [5.41, 5.74) is 2.58. The monoisotopic (exact) mass is 458 g/mol. The van der Waals surface area contributed by atoms with Crippen molar-refractivity contribution >= 4 is 57.2 Å². The molecule has 30 heavy (non-hydrogen) atoms. The second-order valence-corrected chi connectivity index (χ2v) is 8.80. The van der Waals surface area contributed by atoms with E-state index in [0.29, 0.717) is 37.3 Å². The summed E-state index contributed by atoms with van der Waals surface area (Å²) in [5.74, 6) is 0.459. The van der Waals surface area contributed by atoms with Crippen LogP contribution >= 0.6 is 34.7 Å². The molecule has 2 amide bonds. The van der Waals surface area contributed by atoms with Crippen molar-refractivity contribution in [2.24, 2.45) is 0 Å². The molecule has 2 N–H and O–H groups in total. The number of aromatic nitrogens is 4. The third-order valence-electron chi connectivity index (χ3n) is 4.03. The molecular formula is C19H15ClN6O2S2. The maximum absolute atomic E-state index is 12.3. The van der Waals surface area contributed by atoms with Crippen molar-refractivity contribution in [2.75, 3.05) is 10.6 Å². The Kier molecular flexibility index (Phi) is 5.98. The molecule has 3 heterocycles. The summed E-state index contributed by atoms with van der Waals surface area (Å²) in [6, 6.07) is 11.7. The predicted molar refractivity (Wildman–Crippen MR) is 120 cm³/mol. The number of nitrogens with zero attached hydrogens (tertiary/aromatic N) is 4. The predicted octanol–water partition coefficient (Wildman–Crippen LogP) is 4.44. The van der Waals surface area contributed by atoms with Crippen LogP contribution < -0.4 is 16.2 Å². The van der Waals surface area contributed by atoms with E-state index >= 15 is 0 Å². The number of carbonyl (C=O) groups is 1. The molecule has 0 saturated heterocycles. The summed E-state index contributed by atoms with van der Waals surface area (Å²) in [7, 11) is 0. The number of rotatable bonds is 5. The zero-order valence-corrected chi connectivity index (χ0v) is 18.0. The van der Waals surface area contributed by atoms with E-state index in [1.54, 1.807) is 30.5 Å². The van der Waals surface area contributed by atoms with Crippen LogP contribution in [0.1, 0.15) is 11.3 Å². The third-order valence-corrected chi connectivity index (χ3v) is 6.37. The highest BCUT2D eigenvalue weighted by atomic mass is 35.5. The van der Waals surface area contributed by atoms with Gasteiger partial charge in [0.1, 0.15) is 5.65 Å². The van der Waals surface area contributed by atoms with Gasteiger partial charge in [-0.2, -0.15) is 0 Å². The Balaban J connectivity index is 1.40. The number of thioether (sulfide) groups is 1. The summed E-state index contributed by atoms with van der Waals surface area (Å²) in [6.45, 7) is 1.91. The number of hydrogen-bond acceptors (Lipinski definition) is 7. The molecule has 0 atom stereocenters. The van der Waals surface area contributed by atoms with Crippen LogP contribution in [0.3, 0.4) is 0 Å². The maximum Gasteiger partial charge on any atom is 0.325 e. The molecule has 152 valence electrons. The average Bonchev–Trinajstić information content (AvgIpc) is 3.16. The second-order valence-electron chi connectivity index (χ2n) is 6.19. The Bertz CT molecular complexity index is 1290. The quantitative estimate of drug-likeness (QED) is 0.338. The normalized spacial score (nSPS) is 10.9. The van der Waals surface area contributed by atoms with Crippen LogP contribution in [0, 0.1) is 6.92 Å². The summed E-state index contributed by atoms with van der Waals surface area (Å²) < 4.78 is 2.17. The average molecular weight is 459 g/mol. The van der Waals surface area contributed by atoms with Crippen LogP contribution in [0.15, 0.2) is 57.8 Å².